The smallest absolute Gasteiger partial charge is 0.0486 e. The number of aliphatic hydroxyl groups excluding tert-OH is 1. The lowest BCUT2D eigenvalue weighted by Gasteiger charge is -2.24. The van der Waals surface area contributed by atoms with Crippen LogP contribution in [-0.2, 0) is 0 Å². The van der Waals surface area contributed by atoms with Crippen LogP contribution in [0.25, 0.3) is 0 Å². The predicted molar refractivity (Wildman–Crippen MR) is 72.5 cm³/mol. The van der Waals surface area contributed by atoms with Crippen LogP contribution >= 0.6 is 15.9 Å². The second-order valence-electron chi connectivity index (χ2n) is 4.73. The quantitative estimate of drug-likeness (QED) is 0.730. The predicted octanol–water partition coefficient (Wildman–Crippen LogP) is 2.85. The number of halogens is 1. The summed E-state index contributed by atoms with van der Waals surface area (Å²) < 4.78 is 0.965. The van der Waals surface area contributed by atoms with E-state index in [0.29, 0.717) is 0 Å². The normalized spacial score (nSPS) is 11.5. The van der Waals surface area contributed by atoms with E-state index in [4.69, 9.17) is 10.8 Å². The topological polar surface area (TPSA) is 58.3 Å². The minimum absolute atomic E-state index is 0.0789. The molecular weight excluding hydrogens is 268 g/mol. The average Bonchev–Trinajstić information content (AvgIpc) is 2.16. The second-order valence-corrected chi connectivity index (χ2v) is 5.58. The van der Waals surface area contributed by atoms with Gasteiger partial charge in [0.05, 0.1) is 0 Å². The van der Waals surface area contributed by atoms with E-state index in [0.717, 1.165) is 28.8 Å². The molecule has 0 spiro atoms. The summed E-state index contributed by atoms with van der Waals surface area (Å²) in [7, 11) is 0. The SMILES string of the molecule is CC(C)(CCO)CNc1ccc(N)cc1Br. The third kappa shape index (κ3) is 4.02. The van der Waals surface area contributed by atoms with Gasteiger partial charge in [-0.1, -0.05) is 13.8 Å². The van der Waals surface area contributed by atoms with Crippen molar-refractivity contribution in [2.45, 2.75) is 20.3 Å². The highest BCUT2D eigenvalue weighted by Crippen LogP contribution is 2.27. The Hall–Kier alpha value is -0.740. The van der Waals surface area contributed by atoms with Crippen molar-refractivity contribution in [2.24, 2.45) is 5.41 Å². The van der Waals surface area contributed by atoms with E-state index < -0.39 is 0 Å². The van der Waals surface area contributed by atoms with Crippen molar-refractivity contribution < 1.29 is 5.11 Å². The van der Waals surface area contributed by atoms with Crippen molar-refractivity contribution in [1.29, 1.82) is 0 Å². The van der Waals surface area contributed by atoms with Crippen molar-refractivity contribution in [3.63, 3.8) is 0 Å². The van der Waals surface area contributed by atoms with Crippen LogP contribution in [-0.4, -0.2) is 18.3 Å². The summed E-state index contributed by atoms with van der Waals surface area (Å²) in [5, 5.41) is 12.3. The summed E-state index contributed by atoms with van der Waals surface area (Å²) in [5.41, 5.74) is 7.52. The second kappa shape index (κ2) is 5.55. The minimum atomic E-state index is 0.0789. The Labute approximate surface area is 105 Å². The maximum Gasteiger partial charge on any atom is 0.0486 e. The highest BCUT2D eigenvalue weighted by molar-refractivity contribution is 9.10. The average molecular weight is 287 g/mol. The summed E-state index contributed by atoms with van der Waals surface area (Å²) in [4.78, 5) is 0. The molecule has 0 saturated carbocycles. The lowest BCUT2D eigenvalue weighted by atomic mass is 9.90. The molecule has 1 rings (SSSR count). The highest BCUT2D eigenvalue weighted by atomic mass is 79.9. The molecule has 0 amide bonds. The van der Waals surface area contributed by atoms with Gasteiger partial charge in [0.1, 0.15) is 0 Å². The number of rotatable bonds is 5. The maximum atomic E-state index is 8.94. The first-order valence-electron chi connectivity index (χ1n) is 5.34. The molecule has 0 aliphatic heterocycles. The van der Waals surface area contributed by atoms with Gasteiger partial charge in [0.15, 0.2) is 0 Å². The number of nitrogens with two attached hydrogens (primary N) is 1. The highest BCUT2D eigenvalue weighted by Gasteiger charge is 2.17. The van der Waals surface area contributed by atoms with Crippen LogP contribution in [0.15, 0.2) is 22.7 Å². The molecule has 16 heavy (non-hydrogen) atoms. The maximum absolute atomic E-state index is 8.94. The molecule has 0 bridgehead atoms. The number of nitrogens with one attached hydrogen (secondary N) is 1. The molecule has 1 aromatic carbocycles. The Kier molecular flexibility index (Phi) is 4.62. The first-order valence-corrected chi connectivity index (χ1v) is 6.14. The third-order valence-corrected chi connectivity index (χ3v) is 3.20. The molecule has 0 aromatic heterocycles. The zero-order valence-corrected chi connectivity index (χ0v) is 11.3. The summed E-state index contributed by atoms with van der Waals surface area (Å²) in [5.74, 6) is 0. The fourth-order valence-corrected chi connectivity index (χ4v) is 1.94. The number of hydrogen-bond acceptors (Lipinski definition) is 3. The van der Waals surface area contributed by atoms with Crippen LogP contribution < -0.4 is 11.1 Å². The largest absolute Gasteiger partial charge is 0.399 e. The summed E-state index contributed by atoms with van der Waals surface area (Å²) in [6.45, 7) is 5.29. The zero-order chi connectivity index (χ0) is 12.2. The standard InChI is InChI=1S/C12H19BrN2O/c1-12(2,5-6-16)8-15-11-4-3-9(14)7-10(11)13/h3-4,7,15-16H,5-6,8,14H2,1-2H3. The zero-order valence-electron chi connectivity index (χ0n) is 9.76. The van der Waals surface area contributed by atoms with E-state index >= 15 is 0 Å². The number of nitrogen functional groups attached to an aromatic ring is 1. The van der Waals surface area contributed by atoms with E-state index in [1.807, 2.05) is 18.2 Å². The van der Waals surface area contributed by atoms with Gasteiger partial charge in [0.2, 0.25) is 0 Å². The van der Waals surface area contributed by atoms with Crippen molar-refractivity contribution >= 4 is 27.3 Å². The Morgan fingerprint density at radius 1 is 1.44 bits per heavy atom. The van der Waals surface area contributed by atoms with Crippen molar-refractivity contribution in [3.8, 4) is 0 Å². The van der Waals surface area contributed by atoms with E-state index in [-0.39, 0.29) is 12.0 Å². The van der Waals surface area contributed by atoms with E-state index in [2.05, 4.69) is 35.1 Å². The number of aliphatic hydroxyl groups is 1. The van der Waals surface area contributed by atoms with E-state index in [9.17, 15) is 0 Å². The molecule has 0 unspecified atom stereocenters. The molecule has 3 nitrogen and oxygen atoms in total. The van der Waals surface area contributed by atoms with Gasteiger partial charge in [-0.25, -0.2) is 0 Å². The van der Waals surface area contributed by atoms with Crippen LogP contribution in [0.3, 0.4) is 0 Å². The van der Waals surface area contributed by atoms with Crippen LogP contribution in [0.2, 0.25) is 0 Å². The molecule has 0 aliphatic carbocycles. The van der Waals surface area contributed by atoms with Crippen LogP contribution in [0.5, 0.6) is 0 Å². The number of hydrogen-bond donors (Lipinski definition) is 3. The van der Waals surface area contributed by atoms with Gasteiger partial charge in [0.25, 0.3) is 0 Å². The summed E-state index contributed by atoms with van der Waals surface area (Å²) >= 11 is 3.46. The molecular formula is C12H19BrN2O. The van der Waals surface area contributed by atoms with Crippen molar-refractivity contribution in [1.82, 2.24) is 0 Å². The Balaban J connectivity index is 2.61. The fraction of sp³-hybridized carbons (Fsp3) is 0.500. The number of anilines is 2. The van der Waals surface area contributed by atoms with E-state index in [1.165, 1.54) is 0 Å². The minimum Gasteiger partial charge on any atom is -0.399 e. The summed E-state index contributed by atoms with van der Waals surface area (Å²) in [6, 6.07) is 5.70. The van der Waals surface area contributed by atoms with Gasteiger partial charge >= 0.3 is 0 Å². The van der Waals surface area contributed by atoms with E-state index in [1.54, 1.807) is 0 Å². The lowest BCUT2D eigenvalue weighted by molar-refractivity contribution is 0.220. The van der Waals surface area contributed by atoms with Gasteiger partial charge in [-0.3, -0.25) is 0 Å². The fourth-order valence-electron chi connectivity index (χ4n) is 1.40. The molecule has 0 saturated heterocycles. The molecule has 0 radical (unpaired) electrons. The third-order valence-electron chi connectivity index (χ3n) is 2.54. The Morgan fingerprint density at radius 2 is 2.12 bits per heavy atom. The molecule has 0 aliphatic rings. The molecule has 4 N–H and O–H groups in total. The monoisotopic (exact) mass is 286 g/mol. The van der Waals surface area contributed by atoms with Crippen molar-refractivity contribution in [2.75, 3.05) is 24.2 Å². The van der Waals surface area contributed by atoms with Crippen LogP contribution in [0, 0.1) is 5.41 Å². The first-order chi connectivity index (χ1) is 7.44. The van der Waals surface area contributed by atoms with Crippen LogP contribution in [0.4, 0.5) is 11.4 Å². The van der Waals surface area contributed by atoms with Gasteiger partial charge in [-0.05, 0) is 46.0 Å². The molecule has 0 atom stereocenters. The van der Waals surface area contributed by atoms with Gasteiger partial charge < -0.3 is 16.2 Å². The molecule has 1 aromatic rings. The molecule has 0 fully saturated rings. The van der Waals surface area contributed by atoms with Crippen molar-refractivity contribution in [3.05, 3.63) is 22.7 Å². The molecule has 0 heterocycles. The Morgan fingerprint density at radius 3 is 2.69 bits per heavy atom. The number of benzene rings is 1. The van der Waals surface area contributed by atoms with Gasteiger partial charge in [0, 0.05) is 29.0 Å². The molecule has 4 heteroatoms. The first kappa shape index (κ1) is 13.3. The van der Waals surface area contributed by atoms with Gasteiger partial charge in [-0.15, -0.1) is 0 Å². The lowest BCUT2D eigenvalue weighted by Crippen LogP contribution is -2.24. The van der Waals surface area contributed by atoms with Crippen LogP contribution in [0.1, 0.15) is 20.3 Å². The Bertz CT molecular complexity index is 353. The molecule has 90 valence electrons. The summed E-state index contributed by atoms with van der Waals surface area (Å²) in [6.07, 6.45) is 0.784. The van der Waals surface area contributed by atoms with Gasteiger partial charge in [-0.2, -0.15) is 0 Å².